The van der Waals surface area contributed by atoms with Crippen LogP contribution in [0, 0.1) is 12.8 Å². The first-order chi connectivity index (χ1) is 16.9. The number of rotatable bonds is 3. The van der Waals surface area contributed by atoms with E-state index < -0.39 is 5.54 Å². The van der Waals surface area contributed by atoms with Crippen LogP contribution in [0.3, 0.4) is 0 Å². The number of aromatic nitrogens is 2. The third kappa shape index (κ3) is 3.96. The van der Waals surface area contributed by atoms with Crippen molar-refractivity contribution in [3.8, 4) is 16.9 Å². The van der Waals surface area contributed by atoms with Gasteiger partial charge < -0.3 is 20.2 Å². The van der Waals surface area contributed by atoms with Crippen molar-refractivity contribution in [2.75, 3.05) is 5.75 Å². The number of nitrogens with one attached hydrogen (secondary N) is 1. The molecule has 0 radical (unpaired) electrons. The number of benzene rings is 1. The van der Waals surface area contributed by atoms with Crippen molar-refractivity contribution in [3.05, 3.63) is 65.1 Å². The van der Waals surface area contributed by atoms with Gasteiger partial charge in [-0.2, -0.15) is 0 Å². The molecule has 3 N–H and O–H groups in total. The number of aliphatic imine (C=N–C) groups is 1. The summed E-state index contributed by atoms with van der Waals surface area (Å²) in [7, 11) is 0. The summed E-state index contributed by atoms with van der Waals surface area (Å²) in [5, 5.41) is 4.30. The minimum atomic E-state index is -0.525. The molecular weight excluding hydrogens is 486 g/mol. The molecule has 6 rings (SSSR count). The molecule has 0 saturated heterocycles. The van der Waals surface area contributed by atoms with Gasteiger partial charge in [0, 0.05) is 48.2 Å². The number of carbonyl (C=O) groups is 1. The minimum Gasteiger partial charge on any atom is -0.490 e. The average Bonchev–Trinajstić information content (AvgIpc) is 3.46. The number of amidine groups is 1. The summed E-state index contributed by atoms with van der Waals surface area (Å²) in [6.45, 7) is 1.72. The molecule has 35 heavy (non-hydrogen) atoms. The lowest BCUT2D eigenvalue weighted by atomic mass is 9.67. The topological polar surface area (TPSA) is 116 Å². The summed E-state index contributed by atoms with van der Waals surface area (Å²) in [5.74, 6) is 1.88. The molecule has 1 spiro atoms. The van der Waals surface area contributed by atoms with E-state index in [0.29, 0.717) is 21.8 Å². The Kier molecular flexibility index (Phi) is 5.49. The number of hydrogen-bond acceptors (Lipinski definition) is 8. The number of nitrogens with two attached hydrogens (primary N) is 1. The molecule has 1 saturated carbocycles. The van der Waals surface area contributed by atoms with Crippen molar-refractivity contribution >= 4 is 34.4 Å². The zero-order valence-electron chi connectivity index (χ0n) is 19.0. The van der Waals surface area contributed by atoms with Gasteiger partial charge in [0.25, 0.3) is 5.91 Å². The molecule has 3 aliphatic rings. The van der Waals surface area contributed by atoms with Crippen LogP contribution >= 0.6 is 23.4 Å². The van der Waals surface area contributed by atoms with Crippen LogP contribution < -0.4 is 15.8 Å². The van der Waals surface area contributed by atoms with Crippen LogP contribution in [0.2, 0.25) is 5.02 Å². The number of aryl methyl sites for hydroxylation is 1. The molecule has 8 nitrogen and oxygen atoms in total. The average molecular weight is 510 g/mol. The van der Waals surface area contributed by atoms with Gasteiger partial charge in [-0.1, -0.05) is 29.4 Å². The van der Waals surface area contributed by atoms with E-state index in [2.05, 4.69) is 21.4 Å². The van der Waals surface area contributed by atoms with Crippen molar-refractivity contribution < 1.29 is 13.9 Å². The number of fused-ring (bicyclic) bond motifs is 4. The molecule has 180 valence electrons. The third-order valence-corrected chi connectivity index (χ3v) is 8.28. The summed E-state index contributed by atoms with van der Waals surface area (Å²) in [5.41, 5.74) is 8.95. The molecule has 0 bridgehead atoms. The number of pyridine rings is 1. The zero-order chi connectivity index (χ0) is 24.2. The maximum absolute atomic E-state index is 12.7. The van der Waals surface area contributed by atoms with Crippen LogP contribution in [0.15, 0.2) is 52.3 Å². The number of hydrogen-bond donors (Lipinski definition) is 2. The van der Waals surface area contributed by atoms with Crippen LogP contribution in [0.5, 0.6) is 5.75 Å². The van der Waals surface area contributed by atoms with E-state index in [4.69, 9.17) is 31.5 Å². The van der Waals surface area contributed by atoms with Crippen molar-refractivity contribution in [1.82, 2.24) is 15.3 Å². The quantitative estimate of drug-likeness (QED) is 0.540. The zero-order valence-corrected chi connectivity index (χ0v) is 20.6. The summed E-state index contributed by atoms with van der Waals surface area (Å²) in [6, 6.07) is 8.04. The highest BCUT2D eigenvalue weighted by molar-refractivity contribution is 8.14. The minimum absolute atomic E-state index is 0.00103. The molecule has 3 aromatic rings. The molecule has 1 fully saturated rings. The largest absolute Gasteiger partial charge is 0.490 e. The Morgan fingerprint density at radius 2 is 2.14 bits per heavy atom. The molecule has 10 heteroatoms. The Morgan fingerprint density at radius 3 is 2.89 bits per heavy atom. The number of ether oxygens (including phenoxy) is 1. The van der Waals surface area contributed by atoms with Crippen LogP contribution in [0.25, 0.3) is 11.1 Å². The predicted molar refractivity (Wildman–Crippen MR) is 135 cm³/mol. The van der Waals surface area contributed by atoms with Gasteiger partial charge in [0.05, 0.1) is 5.02 Å². The van der Waals surface area contributed by atoms with E-state index in [1.165, 1.54) is 6.26 Å². The fraction of sp³-hybridized carbons (Fsp3) is 0.360. The van der Waals surface area contributed by atoms with Gasteiger partial charge in [0.2, 0.25) is 0 Å². The lowest BCUT2D eigenvalue weighted by molar-refractivity contribution is 0.0156. The third-order valence-electron chi connectivity index (χ3n) is 7.10. The summed E-state index contributed by atoms with van der Waals surface area (Å²) in [6.07, 6.45) is 7.16. The summed E-state index contributed by atoms with van der Waals surface area (Å²) in [4.78, 5) is 26.2. The first-order valence-electron chi connectivity index (χ1n) is 11.5. The van der Waals surface area contributed by atoms with Crippen LogP contribution in [0.1, 0.15) is 41.2 Å². The van der Waals surface area contributed by atoms with Gasteiger partial charge in [-0.05, 0) is 43.0 Å². The van der Waals surface area contributed by atoms with Crippen molar-refractivity contribution in [1.29, 1.82) is 0 Å². The maximum Gasteiger partial charge on any atom is 0.273 e. The van der Waals surface area contributed by atoms with Crippen LogP contribution in [-0.4, -0.2) is 38.9 Å². The maximum atomic E-state index is 12.7. The molecule has 1 unspecified atom stereocenters. The van der Waals surface area contributed by atoms with Gasteiger partial charge >= 0.3 is 0 Å². The molecular formula is C25H24ClN5O3S. The molecule has 4 heterocycles. The lowest BCUT2D eigenvalue weighted by Crippen LogP contribution is -2.54. The van der Waals surface area contributed by atoms with Gasteiger partial charge in [0.1, 0.15) is 23.7 Å². The number of halogens is 1. The fourth-order valence-electron chi connectivity index (χ4n) is 5.50. The monoisotopic (exact) mass is 509 g/mol. The highest BCUT2D eigenvalue weighted by Gasteiger charge is 2.54. The standard InChI is InChI=1S/C25H24ClN5O3S/c1-13-29-20(11-33-13)23(32)30-17-3-5-22-19(8-17)25(12-35-24(27)31-25)18-7-14(2-4-21(18)34-22)15-6-16(26)10-28-9-15/h2,4,6-7,9-11,17,19,22H,3,5,8,12H2,1H3,(H2,27,31)(H,30,32)/t17-,19-,22-,25?/m0/s1. The van der Waals surface area contributed by atoms with E-state index in [0.717, 1.165) is 47.5 Å². The highest BCUT2D eigenvalue weighted by atomic mass is 35.5. The summed E-state index contributed by atoms with van der Waals surface area (Å²) < 4.78 is 11.7. The van der Waals surface area contributed by atoms with Crippen molar-refractivity contribution in [3.63, 3.8) is 0 Å². The first-order valence-corrected chi connectivity index (χ1v) is 12.9. The smallest absolute Gasteiger partial charge is 0.273 e. The van der Waals surface area contributed by atoms with Crippen LogP contribution in [0.4, 0.5) is 0 Å². The number of amides is 1. The Hall–Kier alpha value is -3.04. The molecule has 2 aromatic heterocycles. The lowest BCUT2D eigenvalue weighted by Gasteiger charge is -2.48. The molecule has 1 aromatic carbocycles. The van der Waals surface area contributed by atoms with Gasteiger partial charge in [-0.15, -0.1) is 0 Å². The van der Waals surface area contributed by atoms with Crippen molar-refractivity contribution in [2.24, 2.45) is 16.6 Å². The Morgan fingerprint density at radius 1 is 1.26 bits per heavy atom. The Bertz CT molecular complexity index is 1340. The SMILES string of the molecule is Cc1nc(C(=O)N[C@H]2CC[C@@H]3Oc4ccc(-c5cncc(Cl)c5)cc4C4(CSC(N)=N4)[C@H]3C2)co1. The van der Waals surface area contributed by atoms with Crippen LogP contribution in [-0.2, 0) is 5.54 Å². The van der Waals surface area contributed by atoms with E-state index in [-0.39, 0.29) is 24.0 Å². The Balaban J connectivity index is 1.34. The normalized spacial score (nSPS) is 27.0. The first kappa shape index (κ1) is 22.4. The molecule has 1 amide bonds. The second-order valence-electron chi connectivity index (χ2n) is 9.26. The molecule has 1 aliphatic carbocycles. The molecule has 4 atom stereocenters. The van der Waals surface area contributed by atoms with Crippen molar-refractivity contribution in [2.45, 2.75) is 43.9 Å². The number of thioether (sulfide) groups is 1. The van der Waals surface area contributed by atoms with E-state index >= 15 is 0 Å². The second kappa shape index (κ2) is 8.57. The predicted octanol–water partition coefficient (Wildman–Crippen LogP) is 4.31. The van der Waals surface area contributed by atoms with Gasteiger partial charge in [-0.3, -0.25) is 9.78 Å². The summed E-state index contributed by atoms with van der Waals surface area (Å²) >= 11 is 7.77. The highest BCUT2D eigenvalue weighted by Crippen LogP contribution is 2.54. The number of nitrogens with zero attached hydrogens (tertiary/aromatic N) is 3. The number of oxazole rings is 1. The number of carbonyl (C=O) groups excluding carboxylic acids is 1. The van der Waals surface area contributed by atoms with E-state index in [1.54, 1.807) is 31.1 Å². The van der Waals surface area contributed by atoms with Gasteiger partial charge in [0.15, 0.2) is 16.8 Å². The Labute approximate surface area is 211 Å². The van der Waals surface area contributed by atoms with Gasteiger partial charge in [-0.25, -0.2) is 9.98 Å². The van der Waals surface area contributed by atoms with E-state index in [9.17, 15) is 4.79 Å². The fourth-order valence-corrected chi connectivity index (χ4v) is 6.70. The molecule has 2 aliphatic heterocycles. The van der Waals surface area contributed by atoms with E-state index in [1.807, 2.05) is 18.2 Å². The second-order valence-corrected chi connectivity index (χ2v) is 10.7.